The minimum atomic E-state index is 0.0873. The van der Waals surface area contributed by atoms with Gasteiger partial charge in [-0.25, -0.2) is 0 Å². The molecule has 0 aliphatic rings. The number of aryl methyl sites for hydroxylation is 1. The zero-order valence-corrected chi connectivity index (χ0v) is 7.49. The standard InChI is InChI=1S/C8H15N3O/c1-7-3-10-11(4-7)5-8(6-12)9-2/h3-4,8-9,12H,5-6H2,1-2H3. The van der Waals surface area contributed by atoms with Gasteiger partial charge >= 0.3 is 0 Å². The fraction of sp³-hybridized carbons (Fsp3) is 0.625. The molecule has 0 saturated carbocycles. The Balaban J connectivity index is 2.50. The Hall–Kier alpha value is -0.870. The highest BCUT2D eigenvalue weighted by Crippen LogP contribution is 1.95. The van der Waals surface area contributed by atoms with Gasteiger partial charge in [0.05, 0.1) is 19.3 Å². The van der Waals surface area contributed by atoms with Crippen LogP contribution in [0.3, 0.4) is 0 Å². The minimum Gasteiger partial charge on any atom is -0.395 e. The largest absolute Gasteiger partial charge is 0.395 e. The van der Waals surface area contributed by atoms with Gasteiger partial charge in [0.2, 0.25) is 0 Å². The fourth-order valence-electron chi connectivity index (χ4n) is 1.03. The van der Waals surface area contributed by atoms with Crippen molar-refractivity contribution in [3.63, 3.8) is 0 Å². The molecule has 0 aliphatic carbocycles. The van der Waals surface area contributed by atoms with Crippen molar-refractivity contribution in [1.82, 2.24) is 15.1 Å². The zero-order valence-electron chi connectivity index (χ0n) is 7.49. The third-order valence-corrected chi connectivity index (χ3v) is 1.80. The molecule has 0 saturated heterocycles. The van der Waals surface area contributed by atoms with Gasteiger partial charge < -0.3 is 10.4 Å². The average Bonchev–Trinajstić information content (AvgIpc) is 2.47. The lowest BCUT2D eigenvalue weighted by molar-refractivity contribution is 0.232. The van der Waals surface area contributed by atoms with Crippen LogP contribution in [0.5, 0.6) is 0 Å². The van der Waals surface area contributed by atoms with E-state index in [-0.39, 0.29) is 12.6 Å². The van der Waals surface area contributed by atoms with Crippen LogP contribution in [0.2, 0.25) is 0 Å². The van der Waals surface area contributed by atoms with E-state index in [4.69, 9.17) is 5.11 Å². The molecule has 68 valence electrons. The summed E-state index contributed by atoms with van der Waals surface area (Å²) in [6.07, 6.45) is 3.77. The summed E-state index contributed by atoms with van der Waals surface area (Å²) >= 11 is 0. The Labute approximate surface area is 72.2 Å². The number of nitrogens with one attached hydrogen (secondary N) is 1. The van der Waals surface area contributed by atoms with Gasteiger partial charge in [-0.15, -0.1) is 0 Å². The van der Waals surface area contributed by atoms with E-state index in [0.717, 1.165) is 5.56 Å². The van der Waals surface area contributed by atoms with Crippen LogP contribution in [0.4, 0.5) is 0 Å². The highest BCUT2D eigenvalue weighted by atomic mass is 16.3. The molecule has 1 aromatic rings. The summed E-state index contributed by atoms with van der Waals surface area (Å²) < 4.78 is 1.83. The van der Waals surface area contributed by atoms with E-state index in [9.17, 15) is 0 Å². The number of aliphatic hydroxyl groups is 1. The molecule has 1 aromatic heterocycles. The van der Waals surface area contributed by atoms with E-state index in [1.165, 1.54) is 0 Å². The maximum absolute atomic E-state index is 8.89. The monoisotopic (exact) mass is 169 g/mol. The highest BCUT2D eigenvalue weighted by molar-refractivity contribution is 4.99. The van der Waals surface area contributed by atoms with Crippen molar-refractivity contribution < 1.29 is 5.11 Å². The van der Waals surface area contributed by atoms with Gasteiger partial charge in [0.15, 0.2) is 0 Å². The minimum absolute atomic E-state index is 0.0873. The SMILES string of the molecule is CNC(CO)Cn1cc(C)cn1. The second-order valence-electron chi connectivity index (χ2n) is 2.91. The summed E-state index contributed by atoms with van der Waals surface area (Å²) in [4.78, 5) is 0. The fourth-order valence-corrected chi connectivity index (χ4v) is 1.03. The van der Waals surface area contributed by atoms with Gasteiger partial charge in [-0.3, -0.25) is 4.68 Å². The van der Waals surface area contributed by atoms with Gasteiger partial charge in [0.1, 0.15) is 0 Å². The summed E-state index contributed by atoms with van der Waals surface area (Å²) in [5.74, 6) is 0. The average molecular weight is 169 g/mol. The van der Waals surface area contributed by atoms with E-state index in [1.54, 1.807) is 0 Å². The number of aliphatic hydroxyl groups excluding tert-OH is 1. The van der Waals surface area contributed by atoms with Crippen LogP contribution in [0, 0.1) is 6.92 Å². The van der Waals surface area contributed by atoms with Gasteiger partial charge in [0, 0.05) is 12.2 Å². The first-order chi connectivity index (χ1) is 5.76. The predicted octanol–water partition coefficient (Wildman–Crippen LogP) is -0.228. The van der Waals surface area contributed by atoms with Crippen LogP contribution in [0.25, 0.3) is 0 Å². The molecule has 0 aliphatic heterocycles. The van der Waals surface area contributed by atoms with Gasteiger partial charge in [-0.2, -0.15) is 5.10 Å². The van der Waals surface area contributed by atoms with E-state index in [2.05, 4.69) is 10.4 Å². The van der Waals surface area contributed by atoms with E-state index in [1.807, 2.05) is 31.0 Å². The van der Waals surface area contributed by atoms with Crippen LogP contribution in [-0.2, 0) is 6.54 Å². The maximum atomic E-state index is 8.89. The van der Waals surface area contributed by atoms with Gasteiger partial charge in [-0.1, -0.05) is 0 Å². The van der Waals surface area contributed by atoms with Crippen LogP contribution in [0.15, 0.2) is 12.4 Å². The lowest BCUT2D eigenvalue weighted by Crippen LogP contribution is -2.33. The highest BCUT2D eigenvalue weighted by Gasteiger charge is 2.04. The number of hydrogen-bond acceptors (Lipinski definition) is 3. The molecular formula is C8H15N3O. The Bertz CT molecular complexity index is 230. The molecule has 0 radical (unpaired) electrons. The van der Waals surface area contributed by atoms with Crippen molar-refractivity contribution in [2.45, 2.75) is 19.5 Å². The van der Waals surface area contributed by atoms with Crippen molar-refractivity contribution in [2.75, 3.05) is 13.7 Å². The quantitative estimate of drug-likeness (QED) is 0.654. The summed E-state index contributed by atoms with van der Waals surface area (Å²) in [5, 5.41) is 16.0. The Morgan fingerprint density at radius 1 is 1.75 bits per heavy atom. The topological polar surface area (TPSA) is 50.1 Å². The zero-order chi connectivity index (χ0) is 8.97. The summed E-state index contributed by atoms with van der Waals surface area (Å²) in [6.45, 7) is 2.84. The number of rotatable bonds is 4. The predicted molar refractivity (Wildman–Crippen MR) is 46.9 cm³/mol. The Morgan fingerprint density at radius 3 is 2.92 bits per heavy atom. The third kappa shape index (κ3) is 2.32. The lowest BCUT2D eigenvalue weighted by atomic mass is 10.3. The van der Waals surface area contributed by atoms with E-state index < -0.39 is 0 Å². The molecule has 1 unspecified atom stereocenters. The van der Waals surface area contributed by atoms with Crippen LogP contribution in [0.1, 0.15) is 5.56 Å². The normalized spacial score (nSPS) is 13.2. The Morgan fingerprint density at radius 2 is 2.50 bits per heavy atom. The van der Waals surface area contributed by atoms with Crippen LogP contribution in [-0.4, -0.2) is 34.6 Å². The summed E-state index contributed by atoms with van der Waals surface area (Å²) in [7, 11) is 1.83. The number of aromatic nitrogens is 2. The van der Waals surface area contributed by atoms with Crippen molar-refractivity contribution in [3.05, 3.63) is 18.0 Å². The first-order valence-electron chi connectivity index (χ1n) is 4.03. The lowest BCUT2D eigenvalue weighted by Gasteiger charge is -2.12. The smallest absolute Gasteiger partial charge is 0.0602 e. The van der Waals surface area contributed by atoms with Crippen molar-refractivity contribution in [3.8, 4) is 0 Å². The maximum Gasteiger partial charge on any atom is 0.0602 e. The molecule has 1 heterocycles. The molecule has 12 heavy (non-hydrogen) atoms. The third-order valence-electron chi connectivity index (χ3n) is 1.80. The van der Waals surface area contributed by atoms with Crippen LogP contribution < -0.4 is 5.32 Å². The molecule has 0 spiro atoms. The molecule has 0 aromatic carbocycles. The number of likely N-dealkylation sites (N-methyl/N-ethyl adjacent to an activating group) is 1. The molecular weight excluding hydrogens is 154 g/mol. The van der Waals surface area contributed by atoms with E-state index >= 15 is 0 Å². The van der Waals surface area contributed by atoms with Crippen molar-refractivity contribution in [1.29, 1.82) is 0 Å². The molecule has 1 rings (SSSR count). The summed E-state index contributed by atoms with van der Waals surface area (Å²) in [6, 6.07) is 0.0873. The first kappa shape index (κ1) is 9.22. The molecule has 2 N–H and O–H groups in total. The van der Waals surface area contributed by atoms with Gasteiger partial charge in [0.25, 0.3) is 0 Å². The molecule has 0 fully saturated rings. The van der Waals surface area contributed by atoms with Gasteiger partial charge in [-0.05, 0) is 19.5 Å². The molecule has 1 atom stereocenters. The second-order valence-corrected chi connectivity index (χ2v) is 2.91. The second kappa shape index (κ2) is 4.23. The molecule has 4 nitrogen and oxygen atoms in total. The molecule has 4 heteroatoms. The van der Waals surface area contributed by atoms with Crippen molar-refractivity contribution >= 4 is 0 Å². The Kier molecular flexibility index (Phi) is 3.25. The van der Waals surface area contributed by atoms with Crippen molar-refractivity contribution in [2.24, 2.45) is 0 Å². The van der Waals surface area contributed by atoms with Crippen LogP contribution >= 0.6 is 0 Å². The summed E-state index contributed by atoms with van der Waals surface area (Å²) in [5.41, 5.74) is 1.14. The number of hydrogen-bond donors (Lipinski definition) is 2. The number of nitrogens with zero attached hydrogens (tertiary/aromatic N) is 2. The molecule has 0 bridgehead atoms. The van der Waals surface area contributed by atoms with E-state index in [0.29, 0.717) is 6.54 Å². The first-order valence-corrected chi connectivity index (χ1v) is 4.03. The molecule has 0 amide bonds.